The number of amides is 1. The van der Waals surface area contributed by atoms with Gasteiger partial charge >= 0.3 is 5.97 Å². The molecule has 1 amide bonds. The van der Waals surface area contributed by atoms with Gasteiger partial charge in [-0.15, -0.1) is 5.10 Å². The topological polar surface area (TPSA) is 142 Å². The lowest BCUT2D eigenvalue weighted by atomic mass is 9.93. The van der Waals surface area contributed by atoms with Gasteiger partial charge in [-0.3, -0.25) is 14.3 Å². The van der Waals surface area contributed by atoms with Gasteiger partial charge < -0.3 is 25.2 Å². The fraction of sp³-hybridized carbons (Fsp3) is 0.600. The van der Waals surface area contributed by atoms with E-state index in [1.54, 1.807) is 23.9 Å². The Bertz CT molecular complexity index is 884. The summed E-state index contributed by atoms with van der Waals surface area (Å²) in [5, 5.41) is 38.9. The van der Waals surface area contributed by atoms with E-state index in [0.717, 1.165) is 11.4 Å². The minimum Gasteiger partial charge on any atom is -0.481 e. The van der Waals surface area contributed by atoms with E-state index in [-0.39, 0.29) is 25.5 Å². The van der Waals surface area contributed by atoms with Crippen molar-refractivity contribution in [3.63, 3.8) is 0 Å². The van der Waals surface area contributed by atoms with Crippen molar-refractivity contribution in [3.05, 3.63) is 34.9 Å². The number of rotatable bonds is 11. The van der Waals surface area contributed by atoms with Crippen LogP contribution in [0.25, 0.3) is 0 Å². The molecule has 30 heavy (non-hydrogen) atoms. The van der Waals surface area contributed by atoms with Crippen LogP contribution in [0.1, 0.15) is 54.1 Å². The monoisotopic (exact) mass is 421 g/mol. The average molecular weight is 421 g/mol. The smallest absolute Gasteiger partial charge is 0.305 e. The molecule has 0 bridgehead atoms. The molecule has 0 fully saturated rings. The number of carbonyl (C=O) groups is 2. The van der Waals surface area contributed by atoms with Gasteiger partial charge in [0.15, 0.2) is 0 Å². The standard InChI is InChI=1S/C20H31N5O5/c1-5-15(7-18(28)29)21-19(30)17-6-13(2)25(14(17)3)9-16-8-24(23-22-16)10-20(4,11-26)12-27/h6,8,15,26-27H,5,7,9-12H2,1-4H3,(H,21,30)(H,28,29)/t15-/m0/s1. The molecule has 0 saturated carbocycles. The van der Waals surface area contributed by atoms with Gasteiger partial charge in [-0.2, -0.15) is 0 Å². The van der Waals surface area contributed by atoms with Crippen LogP contribution in [0.5, 0.6) is 0 Å². The van der Waals surface area contributed by atoms with E-state index in [1.807, 2.05) is 25.3 Å². The second-order valence-corrected chi connectivity index (χ2v) is 8.08. The van der Waals surface area contributed by atoms with Crippen LogP contribution in [-0.2, 0) is 17.9 Å². The third-order valence-electron chi connectivity index (χ3n) is 5.28. The maximum Gasteiger partial charge on any atom is 0.305 e. The molecule has 2 rings (SSSR count). The molecule has 4 N–H and O–H groups in total. The highest BCUT2D eigenvalue weighted by atomic mass is 16.4. The summed E-state index contributed by atoms with van der Waals surface area (Å²) in [6.07, 6.45) is 2.16. The number of carboxylic acids is 1. The van der Waals surface area contributed by atoms with Gasteiger partial charge in [0, 0.05) is 22.8 Å². The minimum atomic E-state index is -0.950. The first kappa shape index (κ1) is 23.6. The molecule has 10 heteroatoms. The second kappa shape index (κ2) is 9.86. The second-order valence-electron chi connectivity index (χ2n) is 8.08. The fourth-order valence-corrected chi connectivity index (χ4v) is 3.24. The van der Waals surface area contributed by atoms with Crippen molar-refractivity contribution in [1.29, 1.82) is 0 Å². The normalized spacial score (nSPS) is 12.7. The molecule has 0 saturated heterocycles. The van der Waals surface area contributed by atoms with Gasteiger partial charge in [0.2, 0.25) is 0 Å². The van der Waals surface area contributed by atoms with E-state index >= 15 is 0 Å². The molecule has 2 aromatic rings. The largest absolute Gasteiger partial charge is 0.481 e. The Balaban J connectivity index is 2.14. The highest BCUT2D eigenvalue weighted by Gasteiger charge is 2.24. The zero-order chi connectivity index (χ0) is 22.5. The Labute approximate surface area is 175 Å². The van der Waals surface area contributed by atoms with Crippen molar-refractivity contribution in [2.24, 2.45) is 5.41 Å². The highest BCUT2D eigenvalue weighted by Crippen LogP contribution is 2.19. The van der Waals surface area contributed by atoms with Crippen molar-refractivity contribution in [2.45, 2.75) is 59.7 Å². The first-order valence-electron chi connectivity index (χ1n) is 9.92. The van der Waals surface area contributed by atoms with Gasteiger partial charge in [-0.1, -0.05) is 19.1 Å². The molecule has 0 radical (unpaired) electrons. The maximum atomic E-state index is 12.7. The molecule has 0 aromatic carbocycles. The number of hydrogen-bond donors (Lipinski definition) is 4. The lowest BCUT2D eigenvalue weighted by Crippen LogP contribution is -2.36. The van der Waals surface area contributed by atoms with Crippen LogP contribution in [0.2, 0.25) is 0 Å². The molecule has 0 aliphatic carbocycles. The van der Waals surface area contributed by atoms with Crippen molar-refractivity contribution < 1.29 is 24.9 Å². The molecule has 0 unspecified atom stereocenters. The van der Waals surface area contributed by atoms with Gasteiger partial charge in [0.25, 0.3) is 5.91 Å². The molecule has 0 spiro atoms. The zero-order valence-corrected chi connectivity index (χ0v) is 17.9. The maximum absolute atomic E-state index is 12.7. The summed E-state index contributed by atoms with van der Waals surface area (Å²) in [4.78, 5) is 23.6. The van der Waals surface area contributed by atoms with E-state index in [4.69, 9.17) is 5.11 Å². The SMILES string of the molecule is CC[C@@H](CC(=O)O)NC(=O)c1cc(C)n(Cc2cn(CC(C)(CO)CO)nn2)c1C. The van der Waals surface area contributed by atoms with Crippen LogP contribution in [0, 0.1) is 19.3 Å². The van der Waals surface area contributed by atoms with Crippen LogP contribution < -0.4 is 5.32 Å². The molecule has 0 aliphatic rings. The Morgan fingerprint density at radius 3 is 2.50 bits per heavy atom. The van der Waals surface area contributed by atoms with E-state index in [9.17, 15) is 19.8 Å². The molecule has 1 atom stereocenters. The molecular weight excluding hydrogens is 390 g/mol. The summed E-state index contributed by atoms with van der Waals surface area (Å²) in [5.74, 6) is -1.25. The predicted octanol–water partition coefficient (Wildman–Crippen LogP) is 0.719. The number of nitrogens with one attached hydrogen (secondary N) is 1. The van der Waals surface area contributed by atoms with E-state index in [2.05, 4.69) is 15.6 Å². The Hall–Kier alpha value is -2.72. The van der Waals surface area contributed by atoms with Crippen molar-refractivity contribution in [1.82, 2.24) is 24.9 Å². The lowest BCUT2D eigenvalue weighted by Gasteiger charge is -2.23. The number of hydrogen-bond acceptors (Lipinski definition) is 6. The Morgan fingerprint density at radius 2 is 1.93 bits per heavy atom. The third-order valence-corrected chi connectivity index (χ3v) is 5.28. The van der Waals surface area contributed by atoms with Crippen LogP contribution in [0.4, 0.5) is 0 Å². The summed E-state index contributed by atoms with van der Waals surface area (Å²) in [5.41, 5.74) is 2.10. The molecular formula is C20H31N5O5. The average Bonchev–Trinajstić information content (AvgIpc) is 3.25. The van der Waals surface area contributed by atoms with Gasteiger partial charge in [0.05, 0.1) is 44.5 Å². The number of aliphatic carboxylic acids is 1. The quantitative estimate of drug-likeness (QED) is 0.419. The zero-order valence-electron chi connectivity index (χ0n) is 17.9. The lowest BCUT2D eigenvalue weighted by molar-refractivity contribution is -0.137. The number of nitrogens with zero attached hydrogens (tertiary/aromatic N) is 4. The van der Waals surface area contributed by atoms with Crippen LogP contribution in [0.15, 0.2) is 12.3 Å². The van der Waals surface area contributed by atoms with Crippen molar-refractivity contribution >= 4 is 11.9 Å². The van der Waals surface area contributed by atoms with E-state index in [0.29, 0.717) is 30.8 Å². The number of aryl methyl sites for hydroxylation is 1. The van der Waals surface area contributed by atoms with Crippen molar-refractivity contribution in [2.75, 3.05) is 13.2 Å². The summed E-state index contributed by atoms with van der Waals surface area (Å²) < 4.78 is 3.53. The number of aromatic nitrogens is 4. The van der Waals surface area contributed by atoms with Crippen LogP contribution >= 0.6 is 0 Å². The number of aliphatic hydroxyl groups is 2. The van der Waals surface area contributed by atoms with E-state index in [1.165, 1.54) is 0 Å². The van der Waals surface area contributed by atoms with Gasteiger partial charge in [-0.25, -0.2) is 0 Å². The van der Waals surface area contributed by atoms with Gasteiger partial charge in [0.1, 0.15) is 5.69 Å². The number of aliphatic hydroxyl groups excluding tert-OH is 2. The Kier molecular flexibility index (Phi) is 7.74. The summed E-state index contributed by atoms with van der Waals surface area (Å²) in [6.45, 7) is 7.70. The van der Waals surface area contributed by atoms with Crippen molar-refractivity contribution in [3.8, 4) is 0 Å². The summed E-state index contributed by atoms with van der Waals surface area (Å²) in [6, 6.07) is 1.35. The van der Waals surface area contributed by atoms with E-state index < -0.39 is 17.4 Å². The first-order chi connectivity index (χ1) is 14.1. The first-order valence-corrected chi connectivity index (χ1v) is 9.92. The van der Waals surface area contributed by atoms with Crippen LogP contribution in [-0.4, -0.2) is 66.0 Å². The molecule has 0 aliphatic heterocycles. The molecule has 2 heterocycles. The predicted molar refractivity (Wildman–Crippen MR) is 109 cm³/mol. The minimum absolute atomic E-state index is 0.120. The number of carbonyl (C=O) groups excluding carboxylic acids is 1. The highest BCUT2D eigenvalue weighted by molar-refractivity contribution is 5.96. The fourth-order valence-electron chi connectivity index (χ4n) is 3.24. The molecule has 10 nitrogen and oxygen atoms in total. The summed E-state index contributed by atoms with van der Waals surface area (Å²) in [7, 11) is 0. The Morgan fingerprint density at radius 1 is 1.27 bits per heavy atom. The third kappa shape index (κ3) is 5.67. The molecule has 166 valence electrons. The number of carboxylic acid groups (broad SMARTS) is 1. The molecule has 2 aromatic heterocycles. The summed E-state index contributed by atoms with van der Waals surface area (Å²) >= 11 is 0. The van der Waals surface area contributed by atoms with Crippen LogP contribution in [0.3, 0.4) is 0 Å². The van der Waals surface area contributed by atoms with Gasteiger partial charge in [-0.05, 0) is 26.3 Å².